The molecule has 0 aromatic carbocycles. The van der Waals surface area contributed by atoms with E-state index < -0.39 is 10.2 Å². The molecule has 0 aliphatic carbocycles. The maximum absolute atomic E-state index is 13.0. The van der Waals surface area contributed by atoms with Crippen LogP contribution < -0.4 is 4.74 Å². The molecule has 2 aromatic heterocycles. The Labute approximate surface area is 159 Å². The average Bonchev–Trinajstić information content (AvgIpc) is 2.91. The van der Waals surface area contributed by atoms with E-state index in [0.29, 0.717) is 50.5 Å². The van der Waals surface area contributed by atoms with Gasteiger partial charge in [0, 0.05) is 38.2 Å². The van der Waals surface area contributed by atoms with Gasteiger partial charge in [0.1, 0.15) is 0 Å². The highest BCUT2D eigenvalue weighted by Crippen LogP contribution is 2.29. The maximum Gasteiger partial charge on any atom is 0.281 e. The Bertz CT molecular complexity index is 883. The Morgan fingerprint density at radius 2 is 1.63 bits per heavy atom. The summed E-state index contributed by atoms with van der Waals surface area (Å²) in [5.41, 5.74) is 0.672. The van der Waals surface area contributed by atoms with Crippen LogP contribution in [0.4, 0.5) is 0 Å². The van der Waals surface area contributed by atoms with Gasteiger partial charge in [-0.15, -0.1) is 15.3 Å². The van der Waals surface area contributed by atoms with Crippen molar-refractivity contribution >= 4 is 15.9 Å². The monoisotopic (exact) mass is 394 g/mol. The first-order chi connectivity index (χ1) is 13.1. The van der Waals surface area contributed by atoms with Crippen molar-refractivity contribution in [3.63, 3.8) is 0 Å². The minimum absolute atomic E-state index is 0.134. The molecular formula is C17H26N6O3S. The predicted octanol–water partition coefficient (Wildman–Crippen LogP) is 1.43. The van der Waals surface area contributed by atoms with Crippen molar-refractivity contribution in [1.82, 2.24) is 28.4 Å². The van der Waals surface area contributed by atoms with Crippen molar-refractivity contribution in [2.75, 3.05) is 33.3 Å². The lowest BCUT2D eigenvalue weighted by molar-refractivity contribution is 0.282. The van der Waals surface area contributed by atoms with E-state index in [0.717, 1.165) is 31.5 Å². The summed E-state index contributed by atoms with van der Waals surface area (Å²) >= 11 is 0. The highest BCUT2D eigenvalue weighted by Gasteiger charge is 2.34. The molecule has 0 spiro atoms. The number of methoxy groups -OCH3 is 1. The molecule has 2 aliphatic rings. The normalized spacial score (nSPS) is 21.4. The van der Waals surface area contributed by atoms with Crippen LogP contribution in [0.15, 0.2) is 12.1 Å². The van der Waals surface area contributed by atoms with Crippen LogP contribution in [0.25, 0.3) is 5.65 Å². The lowest BCUT2D eigenvalue weighted by atomic mass is 9.97. The fourth-order valence-corrected chi connectivity index (χ4v) is 5.65. The van der Waals surface area contributed by atoms with Crippen molar-refractivity contribution in [2.45, 2.75) is 44.4 Å². The summed E-state index contributed by atoms with van der Waals surface area (Å²) in [6, 6.07) is 3.57. The summed E-state index contributed by atoms with van der Waals surface area (Å²) in [5.74, 6) is 1.41. The largest absolute Gasteiger partial charge is 0.480 e. The van der Waals surface area contributed by atoms with Crippen LogP contribution in [0.5, 0.6) is 5.88 Å². The molecule has 0 saturated carbocycles. The SMILES string of the molecule is COc1ccc2nnc(C3CCN(S(=O)(=O)N4CCCCCC4)CC3)n2n1. The van der Waals surface area contributed by atoms with Gasteiger partial charge in [0.2, 0.25) is 5.88 Å². The second-order valence-corrected chi connectivity index (χ2v) is 9.13. The zero-order valence-corrected chi connectivity index (χ0v) is 16.4. The zero-order valence-electron chi connectivity index (χ0n) is 15.6. The Kier molecular flexibility index (Phi) is 5.29. The first kappa shape index (κ1) is 18.6. The lowest BCUT2D eigenvalue weighted by Gasteiger charge is -2.34. The molecule has 0 bridgehead atoms. The molecule has 27 heavy (non-hydrogen) atoms. The number of fused-ring (bicyclic) bond motifs is 1. The van der Waals surface area contributed by atoms with Gasteiger partial charge < -0.3 is 4.74 Å². The zero-order chi connectivity index (χ0) is 18.9. The van der Waals surface area contributed by atoms with Crippen LogP contribution >= 0.6 is 0 Å². The third-order valence-corrected chi connectivity index (χ3v) is 7.54. The average molecular weight is 395 g/mol. The minimum atomic E-state index is -3.37. The number of rotatable bonds is 4. The first-order valence-corrected chi connectivity index (χ1v) is 11.0. The smallest absolute Gasteiger partial charge is 0.281 e. The third kappa shape index (κ3) is 3.65. The van der Waals surface area contributed by atoms with E-state index >= 15 is 0 Å². The van der Waals surface area contributed by atoms with E-state index in [2.05, 4.69) is 15.3 Å². The van der Waals surface area contributed by atoms with Gasteiger partial charge in [-0.25, -0.2) is 0 Å². The number of nitrogens with zero attached hydrogens (tertiary/aromatic N) is 6. The van der Waals surface area contributed by atoms with Crippen molar-refractivity contribution < 1.29 is 13.2 Å². The summed E-state index contributed by atoms with van der Waals surface area (Å²) in [5, 5.41) is 12.9. The Morgan fingerprint density at radius 3 is 2.30 bits per heavy atom. The molecule has 148 valence electrons. The molecule has 9 nitrogen and oxygen atoms in total. The van der Waals surface area contributed by atoms with Gasteiger partial charge in [-0.1, -0.05) is 12.8 Å². The van der Waals surface area contributed by atoms with Gasteiger partial charge in [0.05, 0.1) is 7.11 Å². The summed E-state index contributed by atoms with van der Waals surface area (Å²) in [6.07, 6.45) is 5.57. The molecule has 0 atom stereocenters. The van der Waals surface area contributed by atoms with Crippen molar-refractivity contribution in [3.05, 3.63) is 18.0 Å². The molecule has 2 saturated heterocycles. The summed E-state index contributed by atoms with van der Waals surface area (Å²) < 4.78 is 36.1. The quantitative estimate of drug-likeness (QED) is 0.779. The molecule has 10 heteroatoms. The van der Waals surface area contributed by atoms with Gasteiger partial charge >= 0.3 is 0 Å². The van der Waals surface area contributed by atoms with E-state index in [1.54, 1.807) is 26.3 Å². The molecule has 2 fully saturated rings. The predicted molar refractivity (Wildman–Crippen MR) is 99.8 cm³/mol. The lowest BCUT2D eigenvalue weighted by Crippen LogP contribution is -2.47. The summed E-state index contributed by atoms with van der Waals surface area (Å²) in [7, 11) is -1.79. The van der Waals surface area contributed by atoms with Gasteiger partial charge in [-0.3, -0.25) is 0 Å². The Hall–Kier alpha value is -1.78. The van der Waals surface area contributed by atoms with E-state index in [1.165, 1.54) is 0 Å². The highest BCUT2D eigenvalue weighted by atomic mass is 32.2. The number of ether oxygens (including phenoxy) is 1. The standard InChI is InChI=1S/C17H26N6O3S/c1-26-16-7-6-15-18-19-17(23(15)20-16)14-8-12-22(13-9-14)27(24,25)21-10-4-2-3-5-11-21/h6-7,14H,2-5,8-13H2,1H3. The number of hydrogen-bond acceptors (Lipinski definition) is 6. The van der Waals surface area contributed by atoms with Gasteiger partial charge in [0.15, 0.2) is 11.5 Å². The number of piperidine rings is 1. The minimum Gasteiger partial charge on any atom is -0.480 e. The van der Waals surface area contributed by atoms with Crippen LogP contribution in [-0.4, -0.2) is 70.1 Å². The van der Waals surface area contributed by atoms with Crippen LogP contribution in [-0.2, 0) is 10.2 Å². The second-order valence-electron chi connectivity index (χ2n) is 7.20. The van der Waals surface area contributed by atoms with Crippen LogP contribution in [0, 0.1) is 0 Å². The Balaban J connectivity index is 1.47. The molecule has 0 N–H and O–H groups in total. The van der Waals surface area contributed by atoms with Crippen LogP contribution in [0.1, 0.15) is 50.3 Å². The fraction of sp³-hybridized carbons (Fsp3) is 0.706. The first-order valence-electron chi connectivity index (χ1n) is 9.61. The summed E-state index contributed by atoms with van der Waals surface area (Å²) in [4.78, 5) is 0. The van der Waals surface area contributed by atoms with Gasteiger partial charge in [-0.05, 0) is 31.7 Å². The van der Waals surface area contributed by atoms with E-state index in [1.807, 2.05) is 6.07 Å². The van der Waals surface area contributed by atoms with Crippen molar-refractivity contribution in [2.24, 2.45) is 0 Å². The maximum atomic E-state index is 13.0. The molecule has 4 rings (SSSR count). The van der Waals surface area contributed by atoms with E-state index in [-0.39, 0.29) is 5.92 Å². The Morgan fingerprint density at radius 1 is 0.963 bits per heavy atom. The molecule has 2 aromatic rings. The van der Waals surface area contributed by atoms with Crippen molar-refractivity contribution in [1.29, 1.82) is 0 Å². The molecule has 4 heterocycles. The fourth-order valence-electron chi connectivity index (χ4n) is 3.93. The van der Waals surface area contributed by atoms with Crippen molar-refractivity contribution in [3.8, 4) is 5.88 Å². The molecule has 0 radical (unpaired) electrons. The van der Waals surface area contributed by atoms with E-state index in [4.69, 9.17) is 4.74 Å². The van der Waals surface area contributed by atoms with Gasteiger partial charge in [0.25, 0.3) is 10.2 Å². The van der Waals surface area contributed by atoms with Crippen LogP contribution in [0.2, 0.25) is 0 Å². The van der Waals surface area contributed by atoms with E-state index in [9.17, 15) is 8.42 Å². The summed E-state index contributed by atoms with van der Waals surface area (Å²) in [6.45, 7) is 2.28. The topological polar surface area (TPSA) is 92.9 Å². The molecule has 0 unspecified atom stereocenters. The second kappa shape index (κ2) is 7.69. The number of aromatic nitrogens is 4. The van der Waals surface area contributed by atoms with Gasteiger partial charge in [-0.2, -0.15) is 21.5 Å². The number of hydrogen-bond donors (Lipinski definition) is 0. The highest BCUT2D eigenvalue weighted by molar-refractivity contribution is 7.86. The third-order valence-electron chi connectivity index (χ3n) is 5.51. The molecular weight excluding hydrogens is 368 g/mol. The van der Waals surface area contributed by atoms with Crippen LogP contribution in [0.3, 0.4) is 0 Å². The molecule has 0 amide bonds. The molecule has 2 aliphatic heterocycles.